The van der Waals surface area contributed by atoms with Gasteiger partial charge >= 0.3 is 11.9 Å². The van der Waals surface area contributed by atoms with Gasteiger partial charge in [-0.3, -0.25) is 14.4 Å². The van der Waals surface area contributed by atoms with Gasteiger partial charge in [0.1, 0.15) is 11.9 Å². The molecule has 53 heavy (non-hydrogen) atoms. The highest BCUT2D eigenvalue weighted by Crippen LogP contribution is 2.78. The van der Waals surface area contributed by atoms with Gasteiger partial charge in [0.2, 0.25) is 5.91 Å². The molecule has 5 saturated carbocycles. The number of benzene rings is 1. The van der Waals surface area contributed by atoms with E-state index in [9.17, 15) is 19.5 Å². The maximum absolute atomic E-state index is 13.9. The Bertz CT molecular complexity index is 1600. The number of carboxylic acids is 1. The first-order valence-electron chi connectivity index (χ1n) is 20.7. The first-order valence-corrected chi connectivity index (χ1v) is 20.7. The quantitative estimate of drug-likeness (QED) is 0.174. The predicted octanol–water partition coefficient (Wildman–Crippen LogP) is 10.2. The number of fused-ring (bicyclic) bond motifs is 7. The summed E-state index contributed by atoms with van der Waals surface area (Å²) in [6.07, 6.45) is 11.6. The van der Waals surface area contributed by atoms with Gasteiger partial charge in [-0.25, -0.2) is 0 Å². The number of methoxy groups -OCH3 is 1. The number of esters is 1. The van der Waals surface area contributed by atoms with Crippen LogP contribution in [0.5, 0.6) is 5.75 Å². The Kier molecular flexibility index (Phi) is 10.6. The van der Waals surface area contributed by atoms with E-state index in [2.05, 4.69) is 53.4 Å². The topological polar surface area (TPSA) is 102 Å². The number of para-hydroxylation sites is 1. The fraction of sp³-hybridized carbons (Fsp3) is 0.761. The largest absolute Gasteiger partial charge is 0.496 e. The molecule has 0 aromatic heterocycles. The molecule has 0 unspecified atom stereocenters. The van der Waals surface area contributed by atoms with Crippen molar-refractivity contribution in [3.05, 3.63) is 42.0 Å². The van der Waals surface area contributed by atoms with Crippen LogP contribution in [0.2, 0.25) is 0 Å². The minimum atomic E-state index is -0.886. The van der Waals surface area contributed by atoms with Gasteiger partial charge in [0.25, 0.3) is 0 Å². The molecule has 1 aromatic rings. The zero-order chi connectivity index (χ0) is 38.8. The van der Waals surface area contributed by atoms with E-state index in [4.69, 9.17) is 9.47 Å². The van der Waals surface area contributed by atoms with Crippen molar-refractivity contribution >= 4 is 17.8 Å². The molecule has 0 bridgehead atoms. The van der Waals surface area contributed by atoms with Gasteiger partial charge < -0.3 is 19.9 Å². The van der Waals surface area contributed by atoms with Gasteiger partial charge in [0, 0.05) is 23.9 Å². The molecule has 7 heteroatoms. The molecular formula is C46H69NO6. The Balaban J connectivity index is 1.21. The molecule has 0 saturated heterocycles. The zero-order valence-corrected chi connectivity index (χ0v) is 34.4. The minimum absolute atomic E-state index is 0.00586. The van der Waals surface area contributed by atoms with Crippen molar-refractivity contribution in [2.45, 2.75) is 152 Å². The smallest absolute Gasteiger partial charge is 0.306 e. The lowest BCUT2D eigenvalue weighted by atomic mass is 9.32. The second-order valence-corrected chi connectivity index (χ2v) is 20.6. The Morgan fingerprint density at radius 2 is 1.60 bits per heavy atom. The molecule has 0 heterocycles. The highest BCUT2D eigenvalue weighted by atomic mass is 16.5. The summed E-state index contributed by atoms with van der Waals surface area (Å²) >= 11 is 0. The number of carbonyl (C=O) groups is 3. The van der Waals surface area contributed by atoms with Crippen LogP contribution in [-0.2, 0) is 25.7 Å². The number of carboxylic acid groups (broad SMARTS) is 1. The van der Waals surface area contributed by atoms with Crippen LogP contribution in [0.25, 0.3) is 0 Å². The van der Waals surface area contributed by atoms with Crippen molar-refractivity contribution in [2.75, 3.05) is 7.11 Å². The van der Waals surface area contributed by atoms with Gasteiger partial charge in [0.15, 0.2) is 0 Å². The van der Waals surface area contributed by atoms with Crippen LogP contribution in [0, 0.1) is 62.1 Å². The first kappa shape index (κ1) is 39.9. The number of allylic oxidation sites excluding steroid dienone is 1. The van der Waals surface area contributed by atoms with Gasteiger partial charge in [-0.05, 0) is 134 Å². The molecule has 294 valence electrons. The first-order chi connectivity index (χ1) is 24.7. The minimum Gasteiger partial charge on any atom is -0.496 e. The number of hydrogen-bond donors (Lipinski definition) is 2. The highest BCUT2D eigenvalue weighted by Gasteiger charge is 2.71. The van der Waals surface area contributed by atoms with E-state index in [1.54, 1.807) is 7.11 Å². The number of nitrogens with one attached hydrogen (secondary N) is 1. The van der Waals surface area contributed by atoms with Crippen molar-refractivity contribution < 1.29 is 29.0 Å². The number of rotatable bonds is 11. The summed E-state index contributed by atoms with van der Waals surface area (Å²) in [5, 5.41) is 12.6. The molecule has 0 radical (unpaired) electrons. The summed E-state index contributed by atoms with van der Waals surface area (Å²) in [5.74, 6) is 2.32. The van der Waals surface area contributed by atoms with Gasteiger partial charge in [-0.1, -0.05) is 78.8 Å². The SMILES string of the molecule is C=C(C)[C@@H]1CC[C@]2(CC(=O)NCc3ccccc3OC)CC[C@]3(C)[C@H](CC[C@@H]4[C@@]5(C)CC[C@H](OC(=O)CC(C)(C)CC(=O)O)C(C)(C)[C@@H]5CC[C@]43C)[C@@H]12. The van der Waals surface area contributed by atoms with Crippen LogP contribution >= 0.6 is 0 Å². The van der Waals surface area contributed by atoms with E-state index in [0.717, 1.165) is 49.8 Å². The fourth-order valence-electron chi connectivity index (χ4n) is 14.3. The van der Waals surface area contributed by atoms with Crippen molar-refractivity contribution in [3.8, 4) is 5.75 Å². The van der Waals surface area contributed by atoms with Crippen LogP contribution < -0.4 is 10.1 Å². The second kappa shape index (κ2) is 14.0. The van der Waals surface area contributed by atoms with Crippen molar-refractivity contribution in [1.29, 1.82) is 0 Å². The summed E-state index contributed by atoms with van der Waals surface area (Å²) < 4.78 is 11.8. The molecule has 2 N–H and O–H groups in total. The third kappa shape index (κ3) is 6.76. The molecule has 0 spiro atoms. The van der Waals surface area contributed by atoms with E-state index in [1.807, 2.05) is 38.1 Å². The maximum atomic E-state index is 13.9. The van der Waals surface area contributed by atoms with E-state index in [-0.39, 0.29) is 57.9 Å². The average Bonchev–Trinajstić information content (AvgIpc) is 3.44. The second-order valence-electron chi connectivity index (χ2n) is 20.6. The molecular weight excluding hydrogens is 663 g/mol. The third-order valence-corrected chi connectivity index (χ3v) is 16.9. The van der Waals surface area contributed by atoms with Crippen LogP contribution in [0.4, 0.5) is 0 Å². The van der Waals surface area contributed by atoms with Gasteiger partial charge in [0.05, 0.1) is 20.0 Å². The lowest BCUT2D eigenvalue weighted by molar-refractivity contribution is -0.250. The zero-order valence-electron chi connectivity index (χ0n) is 34.4. The normalized spacial score (nSPS) is 38.7. The van der Waals surface area contributed by atoms with Crippen LogP contribution in [0.3, 0.4) is 0 Å². The molecule has 6 rings (SSSR count). The van der Waals surface area contributed by atoms with Gasteiger partial charge in [-0.15, -0.1) is 0 Å². The van der Waals surface area contributed by atoms with Crippen LogP contribution in [-0.4, -0.2) is 36.2 Å². The molecule has 10 atom stereocenters. The van der Waals surface area contributed by atoms with Crippen molar-refractivity contribution in [2.24, 2.45) is 62.1 Å². The number of aliphatic carboxylic acids is 1. The molecule has 5 aliphatic rings. The Labute approximate surface area is 319 Å². The predicted molar refractivity (Wildman–Crippen MR) is 209 cm³/mol. The van der Waals surface area contributed by atoms with E-state index < -0.39 is 11.4 Å². The average molecular weight is 732 g/mol. The summed E-state index contributed by atoms with van der Waals surface area (Å²) in [6.45, 7) is 23.5. The molecule has 1 aromatic carbocycles. The van der Waals surface area contributed by atoms with Crippen molar-refractivity contribution in [3.63, 3.8) is 0 Å². The molecule has 0 aliphatic heterocycles. The summed E-state index contributed by atoms with van der Waals surface area (Å²) in [4.78, 5) is 38.5. The third-order valence-electron chi connectivity index (χ3n) is 16.9. The number of amides is 1. The summed E-state index contributed by atoms with van der Waals surface area (Å²) in [5.41, 5.74) is 1.99. The number of ether oxygens (including phenoxy) is 2. The van der Waals surface area contributed by atoms with Crippen LogP contribution in [0.1, 0.15) is 144 Å². The lowest BCUT2D eigenvalue weighted by Crippen LogP contribution is -2.67. The maximum Gasteiger partial charge on any atom is 0.306 e. The van der Waals surface area contributed by atoms with Gasteiger partial charge in [-0.2, -0.15) is 0 Å². The van der Waals surface area contributed by atoms with Crippen molar-refractivity contribution in [1.82, 2.24) is 5.32 Å². The van der Waals surface area contributed by atoms with Crippen LogP contribution in [0.15, 0.2) is 36.4 Å². The standard InChI is InChI=1S/C46H69NO6/c1-29(2)31-17-22-46(25-37(48)47-28-30-13-11-12-14-33(30)52-10)24-23-44(8)32(40(31)46)15-16-35-43(7)20-19-36(42(5,6)34(43)18-21-45(35,44)9)53-39(51)27-41(3,4)26-38(49)50/h11-14,31-32,34-36,40H,1,15-28H2,2-10H3,(H,47,48)(H,49,50)/t31-,32+,34-,35+,36-,40+,43-,44+,45+,46+/m0/s1. The number of carbonyl (C=O) groups excluding carboxylic acids is 2. The molecule has 5 aliphatic carbocycles. The molecule has 1 amide bonds. The highest BCUT2D eigenvalue weighted by molar-refractivity contribution is 5.77. The molecule has 7 nitrogen and oxygen atoms in total. The van der Waals surface area contributed by atoms with E-state index in [0.29, 0.717) is 42.6 Å². The molecule has 5 fully saturated rings. The van der Waals surface area contributed by atoms with E-state index in [1.165, 1.54) is 31.3 Å². The Hall–Kier alpha value is -2.83. The van der Waals surface area contributed by atoms with E-state index >= 15 is 0 Å². The summed E-state index contributed by atoms with van der Waals surface area (Å²) in [6, 6.07) is 7.94. The summed E-state index contributed by atoms with van der Waals surface area (Å²) in [7, 11) is 1.68. The Morgan fingerprint density at radius 3 is 2.28 bits per heavy atom. The fourth-order valence-corrected chi connectivity index (χ4v) is 14.3. The number of hydrogen-bond acceptors (Lipinski definition) is 5. The Morgan fingerprint density at radius 1 is 0.887 bits per heavy atom. The lowest BCUT2D eigenvalue weighted by Gasteiger charge is -2.73. The monoisotopic (exact) mass is 732 g/mol.